The van der Waals surface area contributed by atoms with E-state index in [1.54, 1.807) is 20.8 Å². The summed E-state index contributed by atoms with van der Waals surface area (Å²) >= 11 is 3.94. The van der Waals surface area contributed by atoms with Gasteiger partial charge in [-0.05, 0) is 45.6 Å². The van der Waals surface area contributed by atoms with Crippen molar-refractivity contribution in [3.05, 3.63) is 34.4 Å². The molecule has 142 valence electrons. The molecule has 25 heavy (non-hydrogen) atoms. The topological polar surface area (TPSA) is 35.1 Å². The molecule has 1 aromatic rings. The third-order valence-electron chi connectivity index (χ3n) is 4.30. The largest absolute Gasteiger partial charge is 0.598 e. The van der Waals surface area contributed by atoms with E-state index < -0.39 is 56.8 Å². The van der Waals surface area contributed by atoms with E-state index in [1.807, 2.05) is 0 Å². The molecule has 0 heterocycles. The highest BCUT2D eigenvalue weighted by Gasteiger charge is 2.51. The Morgan fingerprint density at radius 1 is 1.20 bits per heavy atom. The maximum atomic E-state index is 14.4. The minimum absolute atomic E-state index is 0.0744. The molecule has 9 heteroatoms. The molecule has 1 fully saturated rings. The second kappa shape index (κ2) is 7.21. The molecule has 0 radical (unpaired) electrons. The summed E-state index contributed by atoms with van der Waals surface area (Å²) in [4.78, 5) is 0. The highest BCUT2D eigenvalue weighted by Crippen LogP contribution is 2.50. The van der Waals surface area contributed by atoms with Gasteiger partial charge in [0.15, 0.2) is 0 Å². The predicted octanol–water partition coefficient (Wildman–Crippen LogP) is 5.30. The zero-order valence-electron chi connectivity index (χ0n) is 13.9. The van der Waals surface area contributed by atoms with Gasteiger partial charge >= 0.3 is 6.18 Å². The van der Waals surface area contributed by atoms with Crippen molar-refractivity contribution in [2.75, 3.05) is 0 Å². The van der Waals surface area contributed by atoms with Crippen LogP contribution < -0.4 is 4.72 Å². The van der Waals surface area contributed by atoms with E-state index in [9.17, 15) is 26.5 Å². The first kappa shape index (κ1) is 20.7. The summed E-state index contributed by atoms with van der Waals surface area (Å²) in [5.41, 5.74) is -0.0744. The number of alkyl halides is 3. The van der Waals surface area contributed by atoms with Gasteiger partial charge in [-0.25, -0.2) is 8.78 Å². The van der Waals surface area contributed by atoms with Crippen molar-refractivity contribution in [2.45, 2.75) is 50.6 Å². The molecule has 1 aliphatic rings. The lowest BCUT2D eigenvalue weighted by Crippen LogP contribution is -2.47. The first-order valence-corrected chi connectivity index (χ1v) is 9.23. The lowest BCUT2D eigenvalue weighted by Gasteiger charge is -2.42. The average Bonchev–Trinajstić information content (AvgIpc) is 2.40. The zero-order valence-corrected chi connectivity index (χ0v) is 15.5. The van der Waals surface area contributed by atoms with E-state index >= 15 is 0 Å². The molecule has 0 bridgehead atoms. The lowest BCUT2D eigenvalue weighted by atomic mass is 9.69. The Morgan fingerprint density at radius 3 is 2.24 bits per heavy atom. The molecule has 1 aliphatic carbocycles. The Labute approximate surface area is 151 Å². The van der Waals surface area contributed by atoms with Crippen molar-refractivity contribution < 1.29 is 26.5 Å². The molecule has 0 saturated heterocycles. The molecule has 0 unspecified atom stereocenters. The van der Waals surface area contributed by atoms with Crippen molar-refractivity contribution in [3.63, 3.8) is 0 Å². The van der Waals surface area contributed by atoms with Crippen LogP contribution in [0.4, 0.5) is 22.0 Å². The summed E-state index contributed by atoms with van der Waals surface area (Å²) in [6, 6.07) is 1.14. The van der Waals surface area contributed by atoms with Crippen LogP contribution in [0.3, 0.4) is 0 Å². The summed E-state index contributed by atoms with van der Waals surface area (Å²) in [5, 5.41) is -0.725. The average molecular weight is 404 g/mol. The SMILES string of the molecule is CC(C)(C)[S@@+]([O-])N[C@H](c1ccc(F)c(Cl)c1F)[C@H]1C[C@@H](C(F)(F)F)C1. The van der Waals surface area contributed by atoms with E-state index in [4.69, 9.17) is 11.6 Å². The Hall–Kier alpha value is -0.570. The first-order chi connectivity index (χ1) is 11.3. The van der Waals surface area contributed by atoms with Gasteiger partial charge in [0, 0.05) is 16.9 Å². The monoisotopic (exact) mass is 403 g/mol. The molecule has 2 atom stereocenters. The quantitative estimate of drug-likeness (QED) is 0.420. The van der Waals surface area contributed by atoms with Crippen LogP contribution in [0.1, 0.15) is 45.2 Å². The number of hydrogen-bond acceptors (Lipinski definition) is 2. The number of hydrogen-bond donors (Lipinski definition) is 1. The summed E-state index contributed by atoms with van der Waals surface area (Å²) in [7, 11) is 0. The molecule has 0 amide bonds. The number of nitrogens with one attached hydrogen (secondary N) is 1. The lowest BCUT2D eigenvalue weighted by molar-refractivity contribution is -0.206. The van der Waals surface area contributed by atoms with Crippen LogP contribution >= 0.6 is 11.6 Å². The summed E-state index contributed by atoms with van der Waals surface area (Å²) in [5.74, 6) is -4.04. The van der Waals surface area contributed by atoms with Gasteiger partial charge in [-0.3, -0.25) is 0 Å². The highest BCUT2D eigenvalue weighted by molar-refractivity contribution is 7.90. The third-order valence-corrected chi connectivity index (χ3v) is 6.23. The van der Waals surface area contributed by atoms with Gasteiger partial charge in [-0.15, -0.1) is 4.72 Å². The van der Waals surface area contributed by atoms with E-state index in [1.165, 1.54) is 0 Å². The van der Waals surface area contributed by atoms with E-state index in [-0.39, 0.29) is 18.4 Å². The molecule has 0 aromatic heterocycles. The van der Waals surface area contributed by atoms with Gasteiger partial charge in [0.1, 0.15) is 21.4 Å². The Bertz CT molecular complexity index is 628. The predicted molar refractivity (Wildman–Crippen MR) is 87.4 cm³/mol. The van der Waals surface area contributed by atoms with Gasteiger partial charge in [0.25, 0.3) is 0 Å². The van der Waals surface area contributed by atoms with Crippen LogP contribution in [0.5, 0.6) is 0 Å². The summed E-state index contributed by atoms with van der Waals surface area (Å²) in [6.45, 7) is 5.04. The molecule has 0 aliphatic heterocycles. The van der Waals surface area contributed by atoms with Crippen LogP contribution in [-0.2, 0) is 11.4 Å². The van der Waals surface area contributed by atoms with Gasteiger partial charge in [-0.1, -0.05) is 17.7 Å². The van der Waals surface area contributed by atoms with E-state index in [0.717, 1.165) is 12.1 Å². The second-order valence-corrected chi connectivity index (χ2v) is 9.59. The molecule has 1 aromatic carbocycles. The van der Waals surface area contributed by atoms with Crippen LogP contribution in [0.2, 0.25) is 5.02 Å². The van der Waals surface area contributed by atoms with Crippen LogP contribution in [-0.4, -0.2) is 15.5 Å². The maximum absolute atomic E-state index is 14.4. The molecular weight excluding hydrogens is 385 g/mol. The maximum Gasteiger partial charge on any atom is 0.391 e. The molecule has 2 rings (SSSR count). The zero-order chi connectivity index (χ0) is 19.2. The summed E-state index contributed by atoms with van der Waals surface area (Å²) in [6.07, 6.45) is -4.74. The Morgan fingerprint density at radius 2 is 1.76 bits per heavy atom. The second-order valence-electron chi connectivity index (χ2n) is 7.21. The van der Waals surface area contributed by atoms with Crippen molar-refractivity contribution in [1.82, 2.24) is 4.72 Å². The molecule has 2 nitrogen and oxygen atoms in total. The third kappa shape index (κ3) is 4.59. The fourth-order valence-electron chi connectivity index (χ4n) is 2.69. The Balaban J connectivity index is 2.30. The van der Waals surface area contributed by atoms with Crippen LogP contribution in [0, 0.1) is 23.5 Å². The minimum Gasteiger partial charge on any atom is -0.598 e. The van der Waals surface area contributed by atoms with Crippen molar-refractivity contribution in [2.24, 2.45) is 11.8 Å². The smallest absolute Gasteiger partial charge is 0.391 e. The fraction of sp³-hybridized carbons (Fsp3) is 0.625. The molecule has 1 N–H and O–H groups in total. The van der Waals surface area contributed by atoms with E-state index in [0.29, 0.717) is 0 Å². The van der Waals surface area contributed by atoms with Gasteiger partial charge in [0.05, 0.1) is 12.0 Å². The number of benzene rings is 1. The van der Waals surface area contributed by atoms with Crippen molar-refractivity contribution in [1.29, 1.82) is 0 Å². The highest BCUT2D eigenvalue weighted by atomic mass is 35.5. The first-order valence-electron chi connectivity index (χ1n) is 7.70. The van der Waals surface area contributed by atoms with Gasteiger partial charge < -0.3 is 4.55 Å². The van der Waals surface area contributed by atoms with Crippen molar-refractivity contribution >= 4 is 23.0 Å². The summed E-state index contributed by atoms with van der Waals surface area (Å²) < 4.78 is 80.5. The van der Waals surface area contributed by atoms with E-state index in [2.05, 4.69) is 4.72 Å². The fourth-order valence-corrected chi connectivity index (χ4v) is 3.76. The van der Waals surface area contributed by atoms with Crippen LogP contribution in [0.25, 0.3) is 0 Å². The normalized spacial score (nSPS) is 23.9. The Kier molecular flexibility index (Phi) is 5.98. The van der Waals surface area contributed by atoms with Crippen molar-refractivity contribution in [3.8, 4) is 0 Å². The minimum atomic E-state index is -4.32. The standard InChI is InChI=1S/C16H19ClF5NOS/c1-15(2,3)25(24)23-14(8-6-9(7-8)16(20,21)22)10-4-5-11(18)12(17)13(10)19/h4-5,8-9,14,23H,6-7H2,1-3H3/t8-,9+,14-,25+/m0/s1. The number of halogens is 6. The number of rotatable bonds is 4. The molecule has 0 spiro atoms. The molecular formula is C16H19ClF5NOS. The van der Waals surface area contributed by atoms with Gasteiger partial charge in [-0.2, -0.15) is 13.2 Å². The van der Waals surface area contributed by atoms with Gasteiger partial charge in [0.2, 0.25) is 0 Å². The molecule has 1 saturated carbocycles. The van der Waals surface area contributed by atoms with Crippen LogP contribution in [0.15, 0.2) is 12.1 Å².